The maximum absolute atomic E-state index is 12.2. The first-order valence-electron chi connectivity index (χ1n) is 5.79. The Labute approximate surface area is 95.3 Å². The van der Waals surface area contributed by atoms with Crippen molar-refractivity contribution in [2.45, 2.75) is 39.3 Å². The van der Waals surface area contributed by atoms with Gasteiger partial charge in [-0.05, 0) is 24.7 Å². The molecule has 0 N–H and O–H groups in total. The summed E-state index contributed by atoms with van der Waals surface area (Å²) in [5.41, 5.74) is 0.220. The van der Waals surface area contributed by atoms with Gasteiger partial charge in [0, 0.05) is 18.8 Å². The molecule has 1 fully saturated rings. The van der Waals surface area contributed by atoms with Crippen LogP contribution in [0.1, 0.15) is 33.1 Å². The van der Waals surface area contributed by atoms with Crippen LogP contribution in [-0.4, -0.2) is 24.2 Å². The molecule has 1 atom stereocenters. The van der Waals surface area contributed by atoms with Crippen LogP contribution in [0.5, 0.6) is 0 Å². The Kier molecular flexibility index (Phi) is 4.28. The zero-order valence-electron chi connectivity index (χ0n) is 9.98. The lowest BCUT2D eigenvalue weighted by Crippen LogP contribution is -2.37. The number of alkyl halides is 3. The molecule has 0 radical (unpaired) electrons. The van der Waals surface area contributed by atoms with Crippen LogP contribution in [0, 0.1) is 11.8 Å². The summed E-state index contributed by atoms with van der Waals surface area (Å²) >= 11 is 0. The standard InChI is InChI=1S/C12H20F3N/c1-9(2)11-5-4-6-16(8-11)10(3)7-12(13,14)15/h9,11H,3-8H2,1-2H3. The predicted octanol–water partition coefficient (Wildman–Crippen LogP) is 3.82. The summed E-state index contributed by atoms with van der Waals surface area (Å²) in [5, 5.41) is 0. The van der Waals surface area contributed by atoms with Gasteiger partial charge in [0.2, 0.25) is 0 Å². The summed E-state index contributed by atoms with van der Waals surface area (Å²) in [4.78, 5) is 1.81. The fourth-order valence-corrected chi connectivity index (χ4v) is 2.18. The van der Waals surface area contributed by atoms with Crippen LogP contribution in [0.3, 0.4) is 0 Å². The van der Waals surface area contributed by atoms with Crippen LogP contribution in [0.4, 0.5) is 13.2 Å². The van der Waals surface area contributed by atoms with Gasteiger partial charge in [0.15, 0.2) is 0 Å². The first-order chi connectivity index (χ1) is 7.29. The normalized spacial score (nSPS) is 22.6. The Morgan fingerprint density at radius 3 is 2.56 bits per heavy atom. The van der Waals surface area contributed by atoms with Crippen LogP contribution >= 0.6 is 0 Å². The maximum atomic E-state index is 12.2. The summed E-state index contributed by atoms with van der Waals surface area (Å²) in [6.45, 7) is 9.26. The quantitative estimate of drug-likeness (QED) is 0.718. The van der Waals surface area contributed by atoms with Crippen LogP contribution in [-0.2, 0) is 0 Å². The highest BCUT2D eigenvalue weighted by atomic mass is 19.4. The highest BCUT2D eigenvalue weighted by Crippen LogP contribution is 2.30. The molecule has 0 spiro atoms. The van der Waals surface area contributed by atoms with Crippen molar-refractivity contribution in [3.63, 3.8) is 0 Å². The molecule has 1 aliphatic heterocycles. The third kappa shape index (κ3) is 4.06. The third-order valence-corrected chi connectivity index (χ3v) is 3.25. The zero-order valence-corrected chi connectivity index (χ0v) is 9.98. The Balaban J connectivity index is 2.50. The second kappa shape index (κ2) is 5.11. The summed E-state index contributed by atoms with van der Waals surface area (Å²) in [6, 6.07) is 0. The first kappa shape index (κ1) is 13.4. The summed E-state index contributed by atoms with van der Waals surface area (Å²) in [6.07, 6.45) is -2.92. The van der Waals surface area contributed by atoms with E-state index in [4.69, 9.17) is 0 Å². The largest absolute Gasteiger partial charge is 0.394 e. The lowest BCUT2D eigenvalue weighted by Gasteiger charge is -2.37. The van der Waals surface area contributed by atoms with Crippen molar-refractivity contribution >= 4 is 0 Å². The van der Waals surface area contributed by atoms with E-state index >= 15 is 0 Å². The number of halogens is 3. The number of hydrogen-bond acceptors (Lipinski definition) is 1. The van der Waals surface area contributed by atoms with E-state index in [-0.39, 0.29) is 5.70 Å². The summed E-state index contributed by atoms with van der Waals surface area (Å²) in [7, 11) is 0. The molecule has 1 nitrogen and oxygen atoms in total. The Morgan fingerprint density at radius 1 is 1.44 bits per heavy atom. The van der Waals surface area contributed by atoms with Gasteiger partial charge in [-0.25, -0.2) is 0 Å². The van der Waals surface area contributed by atoms with E-state index in [0.29, 0.717) is 11.8 Å². The van der Waals surface area contributed by atoms with Gasteiger partial charge in [0.25, 0.3) is 0 Å². The molecule has 0 bridgehead atoms. The van der Waals surface area contributed by atoms with Crippen molar-refractivity contribution < 1.29 is 13.2 Å². The van der Waals surface area contributed by atoms with Crippen molar-refractivity contribution in [2.75, 3.05) is 13.1 Å². The number of nitrogens with zero attached hydrogens (tertiary/aromatic N) is 1. The van der Waals surface area contributed by atoms with Crippen LogP contribution in [0.15, 0.2) is 12.3 Å². The molecule has 0 aromatic heterocycles. The molecule has 0 saturated carbocycles. The highest BCUT2D eigenvalue weighted by molar-refractivity contribution is 4.98. The zero-order chi connectivity index (χ0) is 12.3. The lowest BCUT2D eigenvalue weighted by atomic mass is 9.87. The first-order valence-corrected chi connectivity index (χ1v) is 5.79. The number of rotatable bonds is 3. The SMILES string of the molecule is C=C(CC(F)(F)F)N1CCCC(C(C)C)C1. The van der Waals surface area contributed by atoms with Crippen molar-refractivity contribution in [1.82, 2.24) is 4.90 Å². The molecular formula is C12H20F3N. The van der Waals surface area contributed by atoms with E-state index in [1.807, 2.05) is 4.90 Å². The Bertz CT molecular complexity index is 245. The van der Waals surface area contributed by atoms with Gasteiger partial charge in [-0.2, -0.15) is 13.2 Å². The van der Waals surface area contributed by atoms with Gasteiger partial charge in [-0.1, -0.05) is 20.4 Å². The Hall–Kier alpha value is -0.670. The lowest BCUT2D eigenvalue weighted by molar-refractivity contribution is -0.131. The molecule has 1 aliphatic rings. The minimum atomic E-state index is -4.14. The molecule has 0 aromatic rings. The van der Waals surface area contributed by atoms with Crippen molar-refractivity contribution in [1.29, 1.82) is 0 Å². The number of hydrogen-bond donors (Lipinski definition) is 0. The van der Waals surface area contributed by atoms with E-state index in [1.54, 1.807) is 0 Å². The van der Waals surface area contributed by atoms with Gasteiger partial charge in [-0.3, -0.25) is 0 Å². The molecule has 16 heavy (non-hydrogen) atoms. The van der Waals surface area contributed by atoms with Crippen molar-refractivity contribution in [3.05, 3.63) is 12.3 Å². The van der Waals surface area contributed by atoms with E-state index in [9.17, 15) is 13.2 Å². The van der Waals surface area contributed by atoms with E-state index < -0.39 is 12.6 Å². The molecular weight excluding hydrogens is 215 g/mol. The van der Waals surface area contributed by atoms with Gasteiger partial charge in [-0.15, -0.1) is 0 Å². The van der Waals surface area contributed by atoms with Crippen LogP contribution in [0.2, 0.25) is 0 Å². The second-order valence-corrected chi connectivity index (χ2v) is 4.95. The monoisotopic (exact) mass is 235 g/mol. The minimum Gasteiger partial charge on any atom is -0.375 e. The smallest absolute Gasteiger partial charge is 0.375 e. The molecule has 94 valence electrons. The molecule has 1 rings (SSSR count). The van der Waals surface area contributed by atoms with Crippen molar-refractivity contribution in [2.24, 2.45) is 11.8 Å². The van der Waals surface area contributed by atoms with E-state index in [2.05, 4.69) is 20.4 Å². The molecule has 1 heterocycles. The van der Waals surface area contributed by atoms with Gasteiger partial charge in [0.05, 0.1) is 6.42 Å². The predicted molar refractivity (Wildman–Crippen MR) is 58.9 cm³/mol. The maximum Gasteiger partial charge on any atom is 0.394 e. The fraction of sp³-hybridized carbons (Fsp3) is 0.833. The molecule has 1 unspecified atom stereocenters. The number of allylic oxidation sites excluding steroid dienone is 1. The highest BCUT2D eigenvalue weighted by Gasteiger charge is 2.32. The van der Waals surface area contributed by atoms with E-state index in [0.717, 1.165) is 25.9 Å². The summed E-state index contributed by atoms with van der Waals surface area (Å²) in [5.74, 6) is 1.03. The van der Waals surface area contributed by atoms with Gasteiger partial charge >= 0.3 is 6.18 Å². The molecule has 4 heteroatoms. The van der Waals surface area contributed by atoms with Crippen LogP contribution < -0.4 is 0 Å². The number of piperidine rings is 1. The number of likely N-dealkylation sites (tertiary alicyclic amines) is 1. The van der Waals surface area contributed by atoms with Gasteiger partial charge < -0.3 is 4.90 Å². The topological polar surface area (TPSA) is 3.24 Å². The van der Waals surface area contributed by atoms with Crippen molar-refractivity contribution in [3.8, 4) is 0 Å². The average molecular weight is 235 g/mol. The third-order valence-electron chi connectivity index (χ3n) is 3.25. The molecule has 0 aromatic carbocycles. The second-order valence-electron chi connectivity index (χ2n) is 4.95. The summed E-state index contributed by atoms with van der Waals surface area (Å²) < 4.78 is 36.7. The van der Waals surface area contributed by atoms with Gasteiger partial charge in [0.1, 0.15) is 0 Å². The Morgan fingerprint density at radius 2 is 2.06 bits per heavy atom. The minimum absolute atomic E-state index is 0.220. The van der Waals surface area contributed by atoms with Crippen LogP contribution in [0.25, 0.3) is 0 Å². The fourth-order valence-electron chi connectivity index (χ4n) is 2.18. The molecule has 1 saturated heterocycles. The van der Waals surface area contributed by atoms with E-state index in [1.165, 1.54) is 0 Å². The average Bonchev–Trinajstić information content (AvgIpc) is 2.15. The molecule has 0 amide bonds. The molecule has 0 aliphatic carbocycles.